The molecule has 0 amide bonds. The van der Waals surface area contributed by atoms with E-state index in [2.05, 4.69) is 10.9 Å². The minimum absolute atomic E-state index is 0.000200. The molecule has 0 fully saturated rings. The van der Waals surface area contributed by atoms with Crippen LogP contribution in [0.4, 0.5) is 0 Å². The first-order valence-electron chi connectivity index (χ1n) is 10.6. The Labute approximate surface area is 215 Å². The number of aromatic nitrogens is 1. The molecule has 1 aromatic heterocycles. The number of nitrogens with zero attached hydrogens (tertiary/aromatic N) is 2. The molecule has 2 heterocycles. The van der Waals surface area contributed by atoms with E-state index in [-0.39, 0.29) is 17.2 Å². The fourth-order valence-corrected chi connectivity index (χ4v) is 5.48. The van der Waals surface area contributed by atoms with Crippen LogP contribution in [0, 0.1) is 12.3 Å². The zero-order valence-corrected chi connectivity index (χ0v) is 21.2. The van der Waals surface area contributed by atoms with Gasteiger partial charge in [0.15, 0.2) is 4.80 Å². The first kappa shape index (κ1) is 24.8. The van der Waals surface area contributed by atoms with E-state index in [0.29, 0.717) is 43.4 Å². The fraction of sp³-hybridized carbons (Fsp3) is 0.192. The first-order chi connectivity index (χ1) is 16.9. The molecule has 4 rings (SSSR count). The van der Waals surface area contributed by atoms with Crippen LogP contribution in [0.1, 0.15) is 30.5 Å². The van der Waals surface area contributed by atoms with Crippen molar-refractivity contribution in [1.82, 2.24) is 4.57 Å². The number of ether oxygens (including phenoxy) is 2. The number of thiazole rings is 1. The largest absolute Gasteiger partial charge is 0.479 e. The molecule has 0 aliphatic carbocycles. The second-order valence-corrected chi connectivity index (χ2v) is 9.35. The molecular weight excluding hydrogens is 507 g/mol. The standard InChI is InChI=1S/C26H20Cl2N2O4S/c1-4-11-34-23-16(12-17(27)14-18(23)28)13-20-24(31)30-22(15-9-7-6-8-10-15)21(25(32)33-3)19(5-2)29-26(30)35-20/h1,6-10,12-14,22H,5,11H2,2-3H3/b20-13+/t22-/m0/s1. The number of hydrogen-bond donors (Lipinski definition) is 0. The lowest BCUT2D eigenvalue weighted by Gasteiger charge is -2.25. The number of carbonyl (C=O) groups excluding carboxylic acids is 1. The van der Waals surface area contributed by atoms with Crippen LogP contribution in [0.2, 0.25) is 10.0 Å². The third-order valence-corrected chi connectivity index (χ3v) is 6.87. The Morgan fingerprint density at radius 1 is 1.29 bits per heavy atom. The maximum Gasteiger partial charge on any atom is 0.338 e. The number of methoxy groups -OCH3 is 1. The highest BCUT2D eigenvalue weighted by molar-refractivity contribution is 7.07. The molecule has 3 aromatic rings. The summed E-state index contributed by atoms with van der Waals surface area (Å²) in [5, 5.41) is 0.653. The van der Waals surface area contributed by atoms with Gasteiger partial charge < -0.3 is 9.47 Å². The third-order valence-electron chi connectivity index (χ3n) is 5.39. The average molecular weight is 527 g/mol. The van der Waals surface area contributed by atoms with Gasteiger partial charge in [-0.2, -0.15) is 0 Å². The van der Waals surface area contributed by atoms with Gasteiger partial charge in [-0.25, -0.2) is 9.79 Å². The Kier molecular flexibility index (Phi) is 7.46. The Bertz CT molecular complexity index is 1550. The quantitative estimate of drug-likeness (QED) is 0.358. The van der Waals surface area contributed by atoms with Crippen LogP contribution in [0.5, 0.6) is 5.75 Å². The van der Waals surface area contributed by atoms with E-state index in [0.717, 1.165) is 5.56 Å². The summed E-state index contributed by atoms with van der Waals surface area (Å²) in [6.45, 7) is 1.90. The molecule has 9 heteroatoms. The topological polar surface area (TPSA) is 69.9 Å². The van der Waals surface area contributed by atoms with Crippen molar-refractivity contribution in [3.05, 3.63) is 94.6 Å². The van der Waals surface area contributed by atoms with Crippen molar-refractivity contribution < 1.29 is 14.3 Å². The van der Waals surface area contributed by atoms with Crippen LogP contribution in [-0.2, 0) is 9.53 Å². The number of fused-ring (bicyclic) bond motifs is 1. The highest BCUT2D eigenvalue weighted by Gasteiger charge is 2.33. The third kappa shape index (κ3) is 4.78. The van der Waals surface area contributed by atoms with Gasteiger partial charge >= 0.3 is 5.97 Å². The lowest BCUT2D eigenvalue weighted by Crippen LogP contribution is -2.40. The molecule has 1 aliphatic rings. The van der Waals surface area contributed by atoms with Gasteiger partial charge in [-0.1, -0.05) is 77.7 Å². The molecule has 178 valence electrons. The normalized spacial score (nSPS) is 15.3. The minimum atomic E-state index is -0.683. The lowest BCUT2D eigenvalue weighted by molar-refractivity contribution is -0.136. The predicted octanol–water partition coefficient (Wildman–Crippen LogP) is 4.12. The van der Waals surface area contributed by atoms with Crippen molar-refractivity contribution in [3.8, 4) is 18.1 Å². The summed E-state index contributed by atoms with van der Waals surface area (Å²) in [6, 6.07) is 11.8. The molecule has 1 atom stereocenters. The van der Waals surface area contributed by atoms with E-state index in [4.69, 9.17) is 39.1 Å². The second kappa shape index (κ2) is 10.5. The number of benzene rings is 2. The highest BCUT2D eigenvalue weighted by atomic mass is 35.5. The Morgan fingerprint density at radius 2 is 2.03 bits per heavy atom. The summed E-state index contributed by atoms with van der Waals surface area (Å²) >= 11 is 13.8. The van der Waals surface area contributed by atoms with E-state index in [9.17, 15) is 9.59 Å². The number of esters is 1. The number of terminal acetylenes is 1. The number of hydrogen-bond acceptors (Lipinski definition) is 6. The summed E-state index contributed by atoms with van der Waals surface area (Å²) in [7, 11) is 1.32. The first-order valence-corrected chi connectivity index (χ1v) is 12.2. The van der Waals surface area contributed by atoms with Gasteiger partial charge in [0.2, 0.25) is 0 Å². The van der Waals surface area contributed by atoms with Gasteiger partial charge in [-0.15, -0.1) is 6.42 Å². The van der Waals surface area contributed by atoms with Gasteiger partial charge in [-0.05, 0) is 30.2 Å². The van der Waals surface area contributed by atoms with Crippen LogP contribution in [-0.4, -0.2) is 24.3 Å². The van der Waals surface area contributed by atoms with Crippen LogP contribution < -0.4 is 19.6 Å². The monoisotopic (exact) mass is 526 g/mol. The smallest absolute Gasteiger partial charge is 0.338 e. The van der Waals surface area contributed by atoms with Gasteiger partial charge in [0, 0.05) is 10.6 Å². The molecule has 0 unspecified atom stereocenters. The molecule has 0 radical (unpaired) electrons. The van der Waals surface area contributed by atoms with Crippen molar-refractivity contribution in [2.24, 2.45) is 4.99 Å². The van der Waals surface area contributed by atoms with Gasteiger partial charge in [0.05, 0.1) is 34.0 Å². The Hall–Kier alpha value is -3.31. The molecule has 0 saturated carbocycles. The summed E-state index contributed by atoms with van der Waals surface area (Å²) in [4.78, 5) is 31.7. The maximum atomic E-state index is 13.7. The van der Waals surface area contributed by atoms with Gasteiger partial charge in [0.25, 0.3) is 5.56 Å². The van der Waals surface area contributed by atoms with Crippen LogP contribution in [0.15, 0.2) is 63.5 Å². The van der Waals surface area contributed by atoms with Crippen LogP contribution >= 0.6 is 34.5 Å². The van der Waals surface area contributed by atoms with Crippen molar-refractivity contribution in [1.29, 1.82) is 0 Å². The summed E-state index contributed by atoms with van der Waals surface area (Å²) < 4.78 is 12.6. The molecular formula is C26H20Cl2N2O4S. The maximum absolute atomic E-state index is 13.7. The van der Waals surface area contributed by atoms with Crippen molar-refractivity contribution in [2.75, 3.05) is 13.7 Å². The van der Waals surface area contributed by atoms with E-state index in [1.165, 1.54) is 23.0 Å². The van der Waals surface area contributed by atoms with Gasteiger partial charge in [-0.3, -0.25) is 9.36 Å². The molecule has 2 aromatic carbocycles. The van der Waals surface area contributed by atoms with Crippen molar-refractivity contribution in [2.45, 2.75) is 19.4 Å². The summed E-state index contributed by atoms with van der Waals surface area (Å²) in [5.41, 5.74) is 1.86. The zero-order chi connectivity index (χ0) is 25.1. The Balaban J connectivity index is 2.00. The SMILES string of the molecule is C#CCOc1c(Cl)cc(Cl)cc1/C=c1/sc2n(c1=O)[C@@H](c1ccccc1)C(C(=O)OC)=C(CC)N=2. The Morgan fingerprint density at radius 3 is 2.69 bits per heavy atom. The second-order valence-electron chi connectivity index (χ2n) is 7.50. The highest BCUT2D eigenvalue weighted by Crippen LogP contribution is 2.34. The van der Waals surface area contributed by atoms with E-state index >= 15 is 0 Å². The molecule has 6 nitrogen and oxygen atoms in total. The predicted molar refractivity (Wildman–Crippen MR) is 138 cm³/mol. The molecule has 35 heavy (non-hydrogen) atoms. The van der Waals surface area contributed by atoms with Gasteiger partial charge in [0.1, 0.15) is 12.4 Å². The lowest BCUT2D eigenvalue weighted by atomic mass is 9.95. The number of allylic oxidation sites excluding steroid dienone is 1. The van der Waals surface area contributed by atoms with E-state index in [1.54, 1.807) is 18.2 Å². The average Bonchev–Trinajstić information content (AvgIpc) is 3.16. The van der Waals surface area contributed by atoms with E-state index in [1.807, 2.05) is 37.3 Å². The summed E-state index contributed by atoms with van der Waals surface area (Å²) in [6.07, 6.45) is 7.47. The fourth-order valence-electron chi connectivity index (χ4n) is 3.91. The molecule has 0 N–H and O–H groups in total. The van der Waals surface area contributed by atoms with Crippen LogP contribution in [0.3, 0.4) is 0 Å². The van der Waals surface area contributed by atoms with Crippen molar-refractivity contribution in [3.63, 3.8) is 0 Å². The van der Waals surface area contributed by atoms with Crippen LogP contribution in [0.25, 0.3) is 6.08 Å². The number of halogens is 2. The van der Waals surface area contributed by atoms with Crippen molar-refractivity contribution >= 4 is 46.6 Å². The van der Waals surface area contributed by atoms with E-state index < -0.39 is 12.0 Å². The minimum Gasteiger partial charge on any atom is -0.479 e. The molecule has 0 saturated heterocycles. The molecule has 1 aliphatic heterocycles. The number of carbonyl (C=O) groups is 1. The summed E-state index contributed by atoms with van der Waals surface area (Å²) in [5.74, 6) is 2.20. The molecule has 0 spiro atoms. The zero-order valence-electron chi connectivity index (χ0n) is 18.9. The number of rotatable bonds is 6. The molecule has 0 bridgehead atoms.